The number of carbonyl (C=O) groups excluding carboxylic acids is 1. The maximum Gasteiger partial charge on any atom is 1.00 e. The molecule has 67 heavy (non-hydrogen) atoms. The van der Waals surface area contributed by atoms with Gasteiger partial charge in [0.05, 0.1) is 40.7 Å². The first-order valence-electron chi connectivity index (χ1n) is 24.1. The number of para-hydroxylation sites is 2. The number of carbonyl (C=O) groups is 2. The Kier molecular flexibility index (Phi) is 13.6. The Morgan fingerprint density at radius 1 is 0.597 bits per heavy atom. The molecule has 12 heteroatoms. The molecule has 0 spiro atoms. The van der Waals surface area contributed by atoms with Crippen molar-refractivity contribution in [1.29, 1.82) is 0 Å². The van der Waals surface area contributed by atoms with Crippen LogP contribution in [0.25, 0.3) is 66.1 Å². The summed E-state index contributed by atoms with van der Waals surface area (Å²) < 4.78 is 14.7. The fourth-order valence-corrected chi connectivity index (χ4v) is 12.5. The number of hydrogen-bond acceptors (Lipinski definition) is 6. The molecular formula is C55H61N6NaO5. The summed E-state index contributed by atoms with van der Waals surface area (Å²) >= 11 is 0. The maximum atomic E-state index is 12.4. The fourth-order valence-electron chi connectivity index (χ4n) is 12.5. The van der Waals surface area contributed by atoms with Crippen LogP contribution in [0.1, 0.15) is 132 Å². The molecule has 8 aromatic rings. The van der Waals surface area contributed by atoms with E-state index >= 15 is 0 Å². The van der Waals surface area contributed by atoms with Crippen LogP contribution in [0.4, 0.5) is 0 Å². The van der Waals surface area contributed by atoms with E-state index in [-0.39, 0.29) is 41.0 Å². The van der Waals surface area contributed by atoms with Crippen molar-refractivity contribution in [3.05, 3.63) is 119 Å². The minimum atomic E-state index is -0.865. The summed E-state index contributed by atoms with van der Waals surface area (Å²) in [5.74, 6) is -0.0732. The summed E-state index contributed by atoms with van der Waals surface area (Å²) in [4.78, 5) is 24.1. The van der Waals surface area contributed by atoms with Gasteiger partial charge >= 0.3 is 41.5 Å². The first-order valence-corrected chi connectivity index (χ1v) is 24.1. The van der Waals surface area contributed by atoms with Crippen molar-refractivity contribution in [2.24, 2.45) is 11.5 Å². The molecule has 0 atom stereocenters. The number of carboxylic acids is 1. The van der Waals surface area contributed by atoms with Crippen molar-refractivity contribution < 1.29 is 54.5 Å². The van der Waals surface area contributed by atoms with Gasteiger partial charge in [0.2, 0.25) is 0 Å². The van der Waals surface area contributed by atoms with Crippen LogP contribution < -0.4 is 41.0 Å². The van der Waals surface area contributed by atoms with Crippen molar-refractivity contribution >= 4 is 55.6 Å². The number of carboxylic acid groups (broad SMARTS) is 1. The molecule has 2 aliphatic carbocycles. The first-order chi connectivity index (χ1) is 31.9. The molecule has 0 unspecified atom stereocenters. The third-order valence-corrected chi connectivity index (χ3v) is 15.4. The number of nitrogens with zero attached hydrogens (tertiary/aromatic N) is 4. The van der Waals surface area contributed by atoms with Crippen molar-refractivity contribution in [1.82, 2.24) is 18.3 Å². The molecule has 4 aromatic heterocycles. The van der Waals surface area contributed by atoms with Crippen LogP contribution in [0, 0.1) is 0 Å². The number of esters is 1. The Hall–Kier alpha value is -5.14. The predicted molar refractivity (Wildman–Crippen MR) is 263 cm³/mol. The molecule has 2 fully saturated rings. The SMILES string of the molecule is COC(=O)c1ccc2c(C3CCCCC3)c3n(c2c1)CCCn1cc(CN)c2cccc-3c21.NCc1cn2c3c(cccc13)-c1c(C3CCCCC3)c3ccc(C(=O)O)cc3n1CCC2.[Na+].[OH-]. The molecule has 342 valence electrons. The third-order valence-electron chi connectivity index (χ3n) is 15.4. The molecule has 11 nitrogen and oxygen atoms in total. The molecular weight excluding hydrogens is 848 g/mol. The largest absolute Gasteiger partial charge is 1.00 e. The van der Waals surface area contributed by atoms with Gasteiger partial charge in [0, 0.05) is 95.4 Å². The molecule has 6 N–H and O–H groups in total. The monoisotopic (exact) mass is 908 g/mol. The van der Waals surface area contributed by atoms with E-state index < -0.39 is 5.97 Å². The van der Waals surface area contributed by atoms with Gasteiger partial charge in [-0.15, -0.1) is 0 Å². The number of hydrogen-bond donors (Lipinski definition) is 3. The minimum absolute atomic E-state index is 0. The average Bonchev–Trinajstić information content (AvgIpc) is 4.08. The van der Waals surface area contributed by atoms with E-state index in [0.717, 1.165) is 50.1 Å². The Labute approximate surface area is 413 Å². The first kappa shape index (κ1) is 46.9. The van der Waals surface area contributed by atoms with Crippen molar-refractivity contribution in [2.75, 3.05) is 7.11 Å². The fraction of sp³-hybridized carbons (Fsp3) is 0.382. The number of benzene rings is 4. The topological polar surface area (TPSA) is 165 Å². The second-order valence-corrected chi connectivity index (χ2v) is 19.0. The van der Waals surface area contributed by atoms with Gasteiger partial charge in [-0.3, -0.25) is 0 Å². The Balaban J connectivity index is 0.000000163. The van der Waals surface area contributed by atoms with Crippen LogP contribution in [0.15, 0.2) is 85.2 Å². The van der Waals surface area contributed by atoms with Crippen molar-refractivity contribution in [3.8, 4) is 22.5 Å². The van der Waals surface area contributed by atoms with Crippen LogP contribution in [0.3, 0.4) is 0 Å². The predicted octanol–water partition coefficient (Wildman–Crippen LogP) is 8.66. The number of methoxy groups -OCH3 is 1. The zero-order valence-electron chi connectivity index (χ0n) is 39.0. The summed E-state index contributed by atoms with van der Waals surface area (Å²) in [5.41, 5.74) is 28.5. The Morgan fingerprint density at radius 2 is 1.04 bits per heavy atom. The van der Waals surface area contributed by atoms with Gasteiger partial charge in [0.25, 0.3) is 0 Å². The van der Waals surface area contributed by atoms with Gasteiger partial charge in [-0.25, -0.2) is 9.59 Å². The van der Waals surface area contributed by atoms with Crippen molar-refractivity contribution in [3.63, 3.8) is 0 Å². The number of fused-ring (bicyclic) bond motifs is 8. The van der Waals surface area contributed by atoms with Crippen LogP contribution in [0.2, 0.25) is 0 Å². The standard InChI is InChI=1S/C28H31N3O2.C27H29N3O2.Na.H2O/c1-33-28(32)19-11-12-22-24(15-19)31-14-6-13-30-17-20(16-29)21-9-5-10-23(26(21)30)27(31)25(22)18-7-3-2-4-8-18;28-15-19-16-29-12-5-13-30-23-14-18(27(31)32)10-11-21(23)24(17-6-2-1-3-7-17)26(30)22-9-4-8-20(19)25(22)29;;/h5,9-12,15,17-18H,2-4,6-8,13-14,16,29H2,1H3;4,8-11,14,16-17H,1-3,5-7,12-13,15,28H2,(H,31,32);;1H2/q;;+1;/p-1. The van der Waals surface area contributed by atoms with Crippen LogP contribution >= 0.6 is 0 Å². The van der Waals surface area contributed by atoms with Gasteiger partial charge < -0.3 is 45.1 Å². The molecule has 0 saturated heterocycles. The van der Waals surface area contributed by atoms with Crippen molar-refractivity contribution in [2.45, 2.75) is 128 Å². The second kappa shape index (κ2) is 19.5. The van der Waals surface area contributed by atoms with Gasteiger partial charge in [0.15, 0.2) is 0 Å². The molecule has 12 rings (SSSR count). The van der Waals surface area contributed by atoms with Gasteiger partial charge in [0.1, 0.15) is 0 Å². The molecule has 0 bridgehead atoms. The quantitative estimate of drug-likeness (QED) is 0.111. The summed E-state index contributed by atoms with van der Waals surface area (Å²) in [5, 5.41) is 14.7. The van der Waals surface area contributed by atoms with E-state index in [2.05, 4.69) is 79.2 Å². The molecule has 2 aliphatic heterocycles. The molecule has 6 heterocycles. The van der Waals surface area contributed by atoms with E-state index in [4.69, 9.17) is 16.2 Å². The number of aromatic nitrogens is 4. The van der Waals surface area contributed by atoms with E-state index in [1.807, 2.05) is 18.2 Å². The number of rotatable bonds is 6. The summed E-state index contributed by atoms with van der Waals surface area (Å²) in [6.45, 7) is 4.79. The van der Waals surface area contributed by atoms with Crippen LogP contribution in [-0.4, -0.2) is 47.9 Å². The number of ether oxygens (including phenoxy) is 1. The van der Waals surface area contributed by atoms with Crippen LogP contribution in [-0.2, 0) is 44.0 Å². The summed E-state index contributed by atoms with van der Waals surface area (Å²) in [6.07, 6.45) is 19.1. The molecule has 0 amide bonds. The summed E-state index contributed by atoms with van der Waals surface area (Å²) in [7, 11) is 1.45. The maximum absolute atomic E-state index is 12.4. The Morgan fingerprint density at radius 3 is 1.48 bits per heavy atom. The molecule has 2 saturated carbocycles. The van der Waals surface area contributed by atoms with Crippen LogP contribution in [0.5, 0.6) is 0 Å². The third kappa shape index (κ3) is 7.95. The molecule has 4 aromatic carbocycles. The van der Waals surface area contributed by atoms with Gasteiger partial charge in [-0.05, 0) is 96.9 Å². The summed E-state index contributed by atoms with van der Waals surface area (Å²) in [6, 6.07) is 25.1. The van der Waals surface area contributed by atoms with E-state index in [1.54, 1.807) is 6.07 Å². The van der Waals surface area contributed by atoms with E-state index in [0.29, 0.717) is 36.1 Å². The van der Waals surface area contributed by atoms with E-state index in [1.165, 1.54) is 149 Å². The average molecular weight is 909 g/mol. The smallest absolute Gasteiger partial charge is 0.870 e. The molecule has 0 radical (unpaired) electrons. The zero-order valence-corrected chi connectivity index (χ0v) is 41.0. The Bertz CT molecular complexity index is 3160. The van der Waals surface area contributed by atoms with E-state index in [9.17, 15) is 14.7 Å². The zero-order chi connectivity index (χ0) is 44.3. The number of aryl methyl sites for hydroxylation is 4. The normalized spacial score (nSPS) is 16.2. The van der Waals surface area contributed by atoms with Gasteiger partial charge in [-0.1, -0.05) is 87.1 Å². The number of nitrogens with two attached hydrogens (primary N) is 2. The second-order valence-electron chi connectivity index (χ2n) is 19.0. The minimum Gasteiger partial charge on any atom is -0.870 e. The number of aromatic carboxylic acids is 1. The van der Waals surface area contributed by atoms with Gasteiger partial charge in [-0.2, -0.15) is 0 Å². The molecule has 4 aliphatic rings.